The second-order valence-electron chi connectivity index (χ2n) is 6.78. The van der Waals surface area contributed by atoms with Crippen molar-refractivity contribution in [3.63, 3.8) is 0 Å². The Morgan fingerprint density at radius 1 is 1.03 bits per heavy atom. The van der Waals surface area contributed by atoms with Crippen LogP contribution in [0.25, 0.3) is 27.9 Å². The number of furan rings is 1. The topological polar surface area (TPSA) is 72.4 Å². The van der Waals surface area contributed by atoms with Crippen LogP contribution in [-0.2, 0) is 6.18 Å². The SMILES string of the molecule is O=C(Nc1cccc2ccccc12)c1cnn2c(C(F)(F)F)cc(-c3ccco3)nc12. The summed E-state index contributed by atoms with van der Waals surface area (Å²) >= 11 is 0. The number of aromatic nitrogens is 3. The van der Waals surface area contributed by atoms with E-state index >= 15 is 0 Å². The third kappa shape index (κ3) is 3.29. The summed E-state index contributed by atoms with van der Waals surface area (Å²) in [7, 11) is 0. The first-order valence-electron chi connectivity index (χ1n) is 9.21. The molecule has 5 aromatic rings. The zero-order chi connectivity index (χ0) is 21.6. The largest absolute Gasteiger partial charge is 0.463 e. The highest BCUT2D eigenvalue weighted by Crippen LogP contribution is 2.33. The number of nitrogens with one attached hydrogen (secondary N) is 1. The van der Waals surface area contributed by atoms with Gasteiger partial charge in [0.05, 0.1) is 12.5 Å². The number of alkyl halides is 3. The molecule has 3 heterocycles. The van der Waals surface area contributed by atoms with Gasteiger partial charge < -0.3 is 9.73 Å². The van der Waals surface area contributed by atoms with Gasteiger partial charge in [-0.25, -0.2) is 9.50 Å². The highest BCUT2D eigenvalue weighted by atomic mass is 19.4. The molecule has 0 bridgehead atoms. The summed E-state index contributed by atoms with van der Waals surface area (Å²) in [5.74, 6) is -0.474. The van der Waals surface area contributed by atoms with E-state index in [0.29, 0.717) is 10.2 Å². The summed E-state index contributed by atoms with van der Waals surface area (Å²) in [4.78, 5) is 17.2. The molecule has 6 nitrogen and oxygen atoms in total. The van der Waals surface area contributed by atoms with Crippen LogP contribution in [0.4, 0.5) is 18.9 Å². The third-order valence-electron chi connectivity index (χ3n) is 4.82. The molecule has 0 aliphatic rings. The minimum Gasteiger partial charge on any atom is -0.463 e. The van der Waals surface area contributed by atoms with Crippen LogP contribution < -0.4 is 5.32 Å². The predicted octanol–water partition coefficient (Wildman–Crippen LogP) is 5.41. The van der Waals surface area contributed by atoms with Gasteiger partial charge in [-0.05, 0) is 29.7 Å². The van der Waals surface area contributed by atoms with Gasteiger partial charge in [-0.2, -0.15) is 18.3 Å². The van der Waals surface area contributed by atoms with Crippen molar-refractivity contribution < 1.29 is 22.4 Å². The molecular formula is C22H13F3N4O2. The molecule has 0 unspecified atom stereocenters. The summed E-state index contributed by atoms with van der Waals surface area (Å²) in [6, 6.07) is 16.7. The Bertz CT molecular complexity index is 1420. The van der Waals surface area contributed by atoms with Crippen LogP contribution in [0, 0.1) is 0 Å². The summed E-state index contributed by atoms with van der Waals surface area (Å²) in [5, 5.41) is 8.25. The van der Waals surface area contributed by atoms with Gasteiger partial charge in [0.2, 0.25) is 0 Å². The van der Waals surface area contributed by atoms with Crippen LogP contribution in [0.5, 0.6) is 0 Å². The second kappa shape index (κ2) is 6.98. The number of fused-ring (bicyclic) bond motifs is 2. The molecule has 1 N–H and O–H groups in total. The molecule has 31 heavy (non-hydrogen) atoms. The lowest BCUT2D eigenvalue weighted by atomic mass is 10.1. The minimum atomic E-state index is -4.71. The smallest absolute Gasteiger partial charge is 0.433 e. The Balaban J connectivity index is 1.63. The molecule has 0 radical (unpaired) electrons. The van der Waals surface area contributed by atoms with E-state index in [1.165, 1.54) is 12.3 Å². The first-order chi connectivity index (χ1) is 14.9. The first-order valence-corrected chi connectivity index (χ1v) is 9.21. The van der Waals surface area contributed by atoms with Crippen molar-refractivity contribution in [1.82, 2.24) is 14.6 Å². The molecule has 3 aromatic heterocycles. The molecule has 154 valence electrons. The van der Waals surface area contributed by atoms with Crippen molar-refractivity contribution in [3.05, 3.63) is 84.4 Å². The molecule has 0 fully saturated rings. The molecular weight excluding hydrogens is 409 g/mol. The average molecular weight is 422 g/mol. The van der Waals surface area contributed by atoms with Gasteiger partial charge in [0, 0.05) is 11.1 Å². The maximum atomic E-state index is 13.7. The Morgan fingerprint density at radius 3 is 2.61 bits per heavy atom. The summed E-state index contributed by atoms with van der Waals surface area (Å²) < 4.78 is 46.8. The van der Waals surface area contributed by atoms with Crippen molar-refractivity contribution in [1.29, 1.82) is 0 Å². The van der Waals surface area contributed by atoms with Crippen molar-refractivity contribution >= 4 is 28.0 Å². The maximum Gasteiger partial charge on any atom is 0.433 e. The fourth-order valence-corrected chi connectivity index (χ4v) is 3.40. The van der Waals surface area contributed by atoms with Gasteiger partial charge >= 0.3 is 6.18 Å². The number of hydrogen-bond donors (Lipinski definition) is 1. The van der Waals surface area contributed by atoms with Gasteiger partial charge in [0.1, 0.15) is 11.3 Å². The fraction of sp³-hybridized carbons (Fsp3) is 0.0455. The predicted molar refractivity (Wildman–Crippen MR) is 108 cm³/mol. The maximum absolute atomic E-state index is 13.7. The lowest BCUT2D eigenvalue weighted by Gasteiger charge is -2.11. The number of amides is 1. The van der Waals surface area contributed by atoms with E-state index in [0.717, 1.165) is 23.0 Å². The number of hydrogen-bond acceptors (Lipinski definition) is 4. The van der Waals surface area contributed by atoms with Gasteiger partial charge in [0.15, 0.2) is 17.1 Å². The standard InChI is InChI=1S/C22H13F3N4O2/c23-22(24,25)19-11-17(18-9-4-10-31-18)27-20-15(12-26-29(19)20)21(30)28-16-8-3-6-13-5-1-2-7-14(13)16/h1-12H,(H,28,30). The number of carbonyl (C=O) groups excluding carboxylic acids is 1. The van der Waals surface area contributed by atoms with Gasteiger partial charge in [-0.1, -0.05) is 36.4 Å². The highest BCUT2D eigenvalue weighted by Gasteiger charge is 2.36. The molecule has 0 aliphatic carbocycles. The van der Waals surface area contributed by atoms with Crippen LogP contribution in [-0.4, -0.2) is 20.5 Å². The minimum absolute atomic E-state index is 0.0514. The number of rotatable bonds is 3. The van der Waals surface area contributed by atoms with E-state index in [1.807, 2.05) is 30.3 Å². The molecule has 9 heteroatoms. The molecule has 2 aromatic carbocycles. The van der Waals surface area contributed by atoms with E-state index in [-0.39, 0.29) is 22.7 Å². The quantitative estimate of drug-likeness (QED) is 0.422. The molecule has 0 atom stereocenters. The van der Waals surface area contributed by atoms with Crippen molar-refractivity contribution in [3.8, 4) is 11.5 Å². The number of nitrogens with zero attached hydrogens (tertiary/aromatic N) is 3. The van der Waals surface area contributed by atoms with Crippen LogP contribution in [0.15, 0.2) is 77.5 Å². The molecule has 0 spiro atoms. The third-order valence-corrected chi connectivity index (χ3v) is 4.82. The molecule has 0 saturated heterocycles. The summed E-state index contributed by atoms with van der Waals surface area (Å²) in [5.41, 5.74) is -0.899. The van der Waals surface area contributed by atoms with Gasteiger partial charge in [0.25, 0.3) is 5.91 Å². The zero-order valence-corrected chi connectivity index (χ0v) is 15.7. The number of carbonyl (C=O) groups is 1. The summed E-state index contributed by atoms with van der Waals surface area (Å²) in [6.07, 6.45) is -2.30. The first kappa shape index (κ1) is 18.9. The molecule has 0 saturated carbocycles. The zero-order valence-electron chi connectivity index (χ0n) is 15.7. The monoisotopic (exact) mass is 422 g/mol. The Hall–Kier alpha value is -4.14. The lowest BCUT2D eigenvalue weighted by molar-refractivity contribution is -0.142. The Labute approximate surface area is 172 Å². The van der Waals surface area contributed by atoms with Crippen LogP contribution in [0.2, 0.25) is 0 Å². The van der Waals surface area contributed by atoms with Crippen LogP contribution >= 0.6 is 0 Å². The lowest BCUT2D eigenvalue weighted by Crippen LogP contribution is -2.16. The van der Waals surface area contributed by atoms with Gasteiger partial charge in [-0.3, -0.25) is 4.79 Å². The molecule has 1 amide bonds. The average Bonchev–Trinajstić information content (AvgIpc) is 3.42. The van der Waals surface area contributed by atoms with Crippen LogP contribution in [0.1, 0.15) is 16.1 Å². The van der Waals surface area contributed by atoms with Crippen molar-refractivity contribution in [2.24, 2.45) is 0 Å². The van der Waals surface area contributed by atoms with Crippen molar-refractivity contribution in [2.45, 2.75) is 6.18 Å². The second-order valence-corrected chi connectivity index (χ2v) is 6.78. The van der Waals surface area contributed by atoms with Crippen molar-refractivity contribution in [2.75, 3.05) is 5.32 Å². The molecule has 0 aliphatic heterocycles. The number of anilines is 1. The summed E-state index contributed by atoms with van der Waals surface area (Å²) in [6.45, 7) is 0. The van der Waals surface area contributed by atoms with E-state index in [4.69, 9.17) is 4.42 Å². The Morgan fingerprint density at radius 2 is 1.84 bits per heavy atom. The number of benzene rings is 2. The van der Waals surface area contributed by atoms with E-state index in [1.54, 1.807) is 18.2 Å². The van der Waals surface area contributed by atoms with E-state index < -0.39 is 17.8 Å². The van der Waals surface area contributed by atoms with Gasteiger partial charge in [-0.15, -0.1) is 0 Å². The normalized spacial score (nSPS) is 11.8. The number of halogens is 3. The fourth-order valence-electron chi connectivity index (χ4n) is 3.40. The van der Waals surface area contributed by atoms with E-state index in [9.17, 15) is 18.0 Å². The highest BCUT2D eigenvalue weighted by molar-refractivity contribution is 6.11. The van der Waals surface area contributed by atoms with E-state index in [2.05, 4.69) is 15.4 Å². The molecule has 5 rings (SSSR count). The Kier molecular flexibility index (Phi) is 4.25. The van der Waals surface area contributed by atoms with Crippen LogP contribution in [0.3, 0.4) is 0 Å².